The number of aromatic nitrogens is 2. The van der Waals surface area contributed by atoms with Gasteiger partial charge in [-0.05, 0) is 45.6 Å². The molecule has 2 rings (SSSR count). The zero-order chi connectivity index (χ0) is 17.6. The van der Waals surface area contributed by atoms with E-state index in [1.807, 2.05) is 19.9 Å². The molecule has 0 atom stereocenters. The van der Waals surface area contributed by atoms with Crippen molar-refractivity contribution in [1.82, 2.24) is 15.3 Å². The van der Waals surface area contributed by atoms with Crippen molar-refractivity contribution in [3.8, 4) is 6.07 Å². The summed E-state index contributed by atoms with van der Waals surface area (Å²) in [5, 5.41) is 12.4. The van der Waals surface area contributed by atoms with Gasteiger partial charge in [0.15, 0.2) is 11.8 Å². The molecular weight excluding hydrogens is 328 g/mol. The highest BCUT2D eigenvalue weighted by Gasteiger charge is 2.35. The van der Waals surface area contributed by atoms with Crippen LogP contribution in [0.1, 0.15) is 37.1 Å². The first-order valence-electron chi connectivity index (χ1n) is 7.75. The third-order valence-electron chi connectivity index (χ3n) is 3.69. The Morgan fingerprint density at radius 1 is 1.33 bits per heavy atom. The van der Waals surface area contributed by atoms with Gasteiger partial charge < -0.3 is 10.1 Å². The Morgan fingerprint density at radius 2 is 1.96 bits per heavy atom. The Morgan fingerprint density at radius 3 is 2.54 bits per heavy atom. The van der Waals surface area contributed by atoms with Crippen molar-refractivity contribution >= 4 is 23.6 Å². The minimum Gasteiger partial charge on any atom is -0.455 e. The number of thioether (sulfide) groups is 1. The molecule has 1 aliphatic rings. The first kappa shape index (κ1) is 18.2. The Hall–Kier alpha value is -2.14. The fraction of sp³-hybridized carbons (Fsp3) is 0.562. The van der Waals surface area contributed by atoms with Gasteiger partial charge in [-0.25, -0.2) is 9.97 Å². The SMILES string of the molecule is Cc1cc(C)nc(SCC(=O)OCC(=O)NC2(C#N)CCCC2)n1. The molecule has 0 spiro atoms. The lowest BCUT2D eigenvalue weighted by Crippen LogP contribution is -2.46. The van der Waals surface area contributed by atoms with Crippen molar-refractivity contribution in [2.75, 3.05) is 12.4 Å². The van der Waals surface area contributed by atoms with E-state index in [0.29, 0.717) is 18.0 Å². The quantitative estimate of drug-likeness (QED) is 0.474. The molecule has 0 radical (unpaired) electrons. The van der Waals surface area contributed by atoms with Gasteiger partial charge in [-0.1, -0.05) is 11.8 Å². The molecule has 128 valence electrons. The van der Waals surface area contributed by atoms with Gasteiger partial charge in [-0.2, -0.15) is 5.26 Å². The second-order valence-corrected chi connectivity index (χ2v) is 6.77. The number of hydrogen-bond acceptors (Lipinski definition) is 7. The van der Waals surface area contributed by atoms with E-state index < -0.39 is 17.4 Å². The number of rotatable bonds is 6. The number of carbonyl (C=O) groups excluding carboxylic acids is 2. The molecule has 0 bridgehead atoms. The summed E-state index contributed by atoms with van der Waals surface area (Å²) in [4.78, 5) is 32.0. The smallest absolute Gasteiger partial charge is 0.316 e. The number of esters is 1. The van der Waals surface area contributed by atoms with Crippen molar-refractivity contribution in [3.05, 3.63) is 17.5 Å². The van der Waals surface area contributed by atoms with Crippen LogP contribution in [0.4, 0.5) is 0 Å². The monoisotopic (exact) mass is 348 g/mol. The number of ether oxygens (including phenoxy) is 1. The molecule has 0 aliphatic heterocycles. The molecule has 0 saturated heterocycles. The molecule has 1 saturated carbocycles. The highest BCUT2D eigenvalue weighted by atomic mass is 32.2. The van der Waals surface area contributed by atoms with E-state index >= 15 is 0 Å². The Bertz CT molecular complexity index is 646. The molecule has 7 nitrogen and oxygen atoms in total. The van der Waals surface area contributed by atoms with Crippen LogP contribution in [0.3, 0.4) is 0 Å². The average molecular weight is 348 g/mol. The van der Waals surface area contributed by atoms with Crippen molar-refractivity contribution in [2.24, 2.45) is 0 Å². The van der Waals surface area contributed by atoms with Crippen LogP contribution < -0.4 is 5.32 Å². The fourth-order valence-corrected chi connectivity index (χ4v) is 3.36. The summed E-state index contributed by atoms with van der Waals surface area (Å²) < 4.78 is 4.95. The number of carbonyl (C=O) groups is 2. The van der Waals surface area contributed by atoms with Gasteiger partial charge in [0, 0.05) is 11.4 Å². The molecule has 1 aromatic rings. The van der Waals surface area contributed by atoms with Crippen LogP contribution in [0.25, 0.3) is 0 Å². The molecule has 0 unspecified atom stereocenters. The van der Waals surface area contributed by atoms with Gasteiger partial charge in [0.05, 0.1) is 11.8 Å². The average Bonchev–Trinajstić information content (AvgIpc) is 2.99. The van der Waals surface area contributed by atoms with E-state index in [4.69, 9.17) is 4.74 Å². The summed E-state index contributed by atoms with van der Waals surface area (Å²) in [6, 6.07) is 4.01. The Balaban J connectivity index is 1.74. The van der Waals surface area contributed by atoms with Crippen LogP contribution >= 0.6 is 11.8 Å². The van der Waals surface area contributed by atoms with Gasteiger partial charge in [-0.15, -0.1) is 0 Å². The molecule has 1 amide bonds. The van der Waals surface area contributed by atoms with E-state index in [9.17, 15) is 14.9 Å². The summed E-state index contributed by atoms with van der Waals surface area (Å²) >= 11 is 1.16. The van der Waals surface area contributed by atoms with Crippen LogP contribution in [-0.4, -0.2) is 39.7 Å². The van der Waals surface area contributed by atoms with Gasteiger partial charge >= 0.3 is 5.97 Å². The van der Waals surface area contributed by atoms with Crippen molar-refractivity contribution in [1.29, 1.82) is 5.26 Å². The third-order valence-corrected chi connectivity index (χ3v) is 4.52. The van der Waals surface area contributed by atoms with Crippen LogP contribution in [0.15, 0.2) is 11.2 Å². The number of nitrogens with one attached hydrogen (secondary N) is 1. The van der Waals surface area contributed by atoms with Gasteiger partial charge in [0.25, 0.3) is 5.91 Å². The van der Waals surface area contributed by atoms with Crippen LogP contribution in [0.2, 0.25) is 0 Å². The number of aryl methyl sites for hydroxylation is 2. The van der Waals surface area contributed by atoms with E-state index in [0.717, 1.165) is 36.0 Å². The molecule has 1 fully saturated rings. The highest BCUT2D eigenvalue weighted by molar-refractivity contribution is 7.99. The van der Waals surface area contributed by atoms with E-state index in [2.05, 4.69) is 21.4 Å². The van der Waals surface area contributed by atoms with Crippen LogP contribution in [0.5, 0.6) is 0 Å². The Kier molecular flexibility index (Phi) is 6.15. The number of nitrogens with zero attached hydrogens (tertiary/aromatic N) is 3. The summed E-state index contributed by atoms with van der Waals surface area (Å²) in [5.41, 5.74) is 0.859. The first-order valence-corrected chi connectivity index (χ1v) is 8.74. The highest BCUT2D eigenvalue weighted by Crippen LogP contribution is 2.28. The van der Waals surface area contributed by atoms with Crippen LogP contribution in [-0.2, 0) is 14.3 Å². The van der Waals surface area contributed by atoms with Crippen molar-refractivity contribution < 1.29 is 14.3 Å². The molecule has 1 aromatic heterocycles. The summed E-state index contributed by atoms with van der Waals surface area (Å²) in [6.07, 6.45) is 3.12. The molecule has 0 aromatic carbocycles. The number of hydrogen-bond donors (Lipinski definition) is 1. The molecule has 1 heterocycles. The third kappa shape index (κ3) is 5.20. The maximum absolute atomic E-state index is 11.9. The van der Waals surface area contributed by atoms with Gasteiger partial charge in [-0.3, -0.25) is 9.59 Å². The van der Waals surface area contributed by atoms with Gasteiger partial charge in [0.2, 0.25) is 0 Å². The van der Waals surface area contributed by atoms with Crippen molar-refractivity contribution in [3.63, 3.8) is 0 Å². The van der Waals surface area contributed by atoms with E-state index in [1.165, 1.54) is 0 Å². The summed E-state index contributed by atoms with van der Waals surface area (Å²) in [6.45, 7) is 3.33. The Labute approximate surface area is 145 Å². The van der Waals surface area contributed by atoms with Gasteiger partial charge in [0.1, 0.15) is 5.54 Å². The van der Waals surface area contributed by atoms with Crippen LogP contribution in [0, 0.1) is 25.2 Å². The lowest BCUT2D eigenvalue weighted by molar-refractivity contribution is -0.146. The minimum absolute atomic E-state index is 0.0273. The maximum atomic E-state index is 11.9. The second kappa shape index (κ2) is 8.11. The summed E-state index contributed by atoms with van der Waals surface area (Å²) in [7, 11) is 0. The lowest BCUT2D eigenvalue weighted by Gasteiger charge is -2.21. The zero-order valence-electron chi connectivity index (χ0n) is 13.8. The largest absolute Gasteiger partial charge is 0.455 e. The lowest BCUT2D eigenvalue weighted by atomic mass is 10.00. The van der Waals surface area contributed by atoms with E-state index in [-0.39, 0.29) is 12.4 Å². The van der Waals surface area contributed by atoms with E-state index in [1.54, 1.807) is 0 Å². The minimum atomic E-state index is -0.800. The topological polar surface area (TPSA) is 105 Å². The normalized spacial score (nSPS) is 15.5. The molecule has 24 heavy (non-hydrogen) atoms. The van der Waals surface area contributed by atoms with Crippen molar-refractivity contribution in [2.45, 2.75) is 50.2 Å². The fourth-order valence-electron chi connectivity index (χ4n) is 2.62. The molecular formula is C16H20N4O3S. The maximum Gasteiger partial charge on any atom is 0.316 e. The summed E-state index contributed by atoms with van der Waals surface area (Å²) in [5.74, 6) is -0.936. The number of nitriles is 1. The molecule has 1 aliphatic carbocycles. The number of amides is 1. The predicted molar refractivity (Wildman–Crippen MR) is 88.1 cm³/mol. The predicted octanol–water partition coefficient (Wildman–Crippen LogP) is 1.68. The molecule has 1 N–H and O–H groups in total. The zero-order valence-corrected chi connectivity index (χ0v) is 14.6. The molecule has 8 heteroatoms. The standard InChI is InChI=1S/C16H20N4O3S/c1-11-7-12(2)19-15(18-11)24-9-14(22)23-8-13(21)20-16(10-17)5-3-4-6-16/h7H,3-6,8-9H2,1-2H3,(H,20,21). The second-order valence-electron chi connectivity index (χ2n) is 5.83. The first-order chi connectivity index (χ1) is 11.4.